The SMILES string of the molecule is Cc1ccc(Cl)c(Oc2nc[nH]c(=O)c2Br)c1. The molecule has 0 amide bonds. The predicted octanol–water partition coefficient (Wildman–Crippen LogP) is 3.29. The van der Waals surface area contributed by atoms with Crippen LogP contribution in [0.2, 0.25) is 5.02 Å². The largest absolute Gasteiger partial charge is 0.436 e. The van der Waals surface area contributed by atoms with Crippen LogP contribution in [0.3, 0.4) is 0 Å². The summed E-state index contributed by atoms with van der Waals surface area (Å²) in [6, 6.07) is 5.38. The molecule has 0 fully saturated rings. The third kappa shape index (κ3) is 2.68. The third-order valence-electron chi connectivity index (χ3n) is 2.06. The van der Waals surface area contributed by atoms with E-state index in [-0.39, 0.29) is 15.9 Å². The molecule has 88 valence electrons. The second kappa shape index (κ2) is 4.89. The molecule has 6 heteroatoms. The molecular weight excluding hydrogens is 307 g/mol. The minimum Gasteiger partial charge on any atom is -0.436 e. The zero-order chi connectivity index (χ0) is 12.4. The summed E-state index contributed by atoms with van der Waals surface area (Å²) in [6.07, 6.45) is 1.27. The Bertz CT molecular complexity index is 613. The first-order chi connectivity index (χ1) is 8.08. The normalized spacial score (nSPS) is 10.3. The van der Waals surface area contributed by atoms with E-state index in [4.69, 9.17) is 16.3 Å². The number of benzene rings is 1. The van der Waals surface area contributed by atoms with Crippen LogP contribution in [0.25, 0.3) is 0 Å². The Morgan fingerprint density at radius 3 is 3.00 bits per heavy atom. The van der Waals surface area contributed by atoms with Crippen molar-refractivity contribution in [1.29, 1.82) is 0 Å². The van der Waals surface area contributed by atoms with Crippen LogP contribution in [0.1, 0.15) is 5.56 Å². The molecule has 0 saturated carbocycles. The van der Waals surface area contributed by atoms with Crippen molar-refractivity contribution in [2.24, 2.45) is 0 Å². The summed E-state index contributed by atoms with van der Waals surface area (Å²) < 4.78 is 5.73. The van der Waals surface area contributed by atoms with Gasteiger partial charge in [-0.1, -0.05) is 17.7 Å². The second-order valence-corrected chi connectivity index (χ2v) is 4.59. The molecule has 0 bridgehead atoms. The number of rotatable bonds is 2. The van der Waals surface area contributed by atoms with Crippen molar-refractivity contribution in [2.45, 2.75) is 6.92 Å². The number of aryl methyl sites for hydroxylation is 1. The molecule has 2 rings (SSSR count). The van der Waals surface area contributed by atoms with Gasteiger partial charge in [0.15, 0.2) is 0 Å². The van der Waals surface area contributed by atoms with Gasteiger partial charge in [0.1, 0.15) is 10.2 Å². The van der Waals surface area contributed by atoms with Crippen LogP contribution in [0, 0.1) is 6.92 Å². The number of ether oxygens (including phenoxy) is 1. The highest BCUT2D eigenvalue weighted by molar-refractivity contribution is 9.10. The molecule has 17 heavy (non-hydrogen) atoms. The molecule has 1 aromatic carbocycles. The van der Waals surface area contributed by atoms with Gasteiger partial charge in [-0.3, -0.25) is 4.79 Å². The Hall–Kier alpha value is -1.33. The predicted molar refractivity (Wildman–Crippen MR) is 68.8 cm³/mol. The van der Waals surface area contributed by atoms with Gasteiger partial charge >= 0.3 is 0 Å². The molecule has 0 spiro atoms. The lowest BCUT2D eigenvalue weighted by Gasteiger charge is -2.08. The number of H-pyrrole nitrogens is 1. The van der Waals surface area contributed by atoms with Crippen LogP contribution in [-0.2, 0) is 0 Å². The Kier molecular flexibility index (Phi) is 3.49. The number of hydrogen-bond acceptors (Lipinski definition) is 3. The van der Waals surface area contributed by atoms with Gasteiger partial charge in [0.25, 0.3) is 5.56 Å². The standard InChI is InChI=1S/C11H8BrClN2O2/c1-6-2-3-7(13)8(4-6)17-11-9(12)10(16)14-5-15-11/h2-5H,1H3,(H,14,15,16). The molecule has 0 aliphatic rings. The lowest BCUT2D eigenvalue weighted by atomic mass is 10.2. The molecule has 4 nitrogen and oxygen atoms in total. The fraction of sp³-hybridized carbons (Fsp3) is 0.0909. The number of halogens is 2. The van der Waals surface area contributed by atoms with Gasteiger partial charge in [-0.25, -0.2) is 4.98 Å². The average Bonchev–Trinajstić information content (AvgIpc) is 2.30. The van der Waals surface area contributed by atoms with E-state index in [2.05, 4.69) is 25.9 Å². The smallest absolute Gasteiger partial charge is 0.268 e. The summed E-state index contributed by atoms with van der Waals surface area (Å²) in [6.45, 7) is 1.92. The van der Waals surface area contributed by atoms with Gasteiger partial charge < -0.3 is 9.72 Å². The molecule has 0 aliphatic carbocycles. The third-order valence-corrected chi connectivity index (χ3v) is 3.07. The number of hydrogen-bond donors (Lipinski definition) is 1. The molecule has 1 N–H and O–H groups in total. The van der Waals surface area contributed by atoms with E-state index in [0.717, 1.165) is 5.56 Å². The van der Waals surface area contributed by atoms with Crippen molar-refractivity contribution in [3.05, 3.63) is 49.9 Å². The van der Waals surface area contributed by atoms with Crippen molar-refractivity contribution in [2.75, 3.05) is 0 Å². The first-order valence-corrected chi connectivity index (χ1v) is 5.92. The molecule has 1 aromatic heterocycles. The second-order valence-electron chi connectivity index (χ2n) is 3.39. The molecule has 0 radical (unpaired) electrons. The average molecular weight is 316 g/mol. The highest BCUT2D eigenvalue weighted by atomic mass is 79.9. The quantitative estimate of drug-likeness (QED) is 0.925. The number of nitrogens with zero attached hydrogens (tertiary/aromatic N) is 1. The van der Waals surface area contributed by atoms with Gasteiger partial charge in [0.2, 0.25) is 5.88 Å². The zero-order valence-corrected chi connectivity index (χ0v) is 11.2. The molecule has 1 heterocycles. The Morgan fingerprint density at radius 2 is 2.24 bits per heavy atom. The molecule has 0 aliphatic heterocycles. The number of nitrogens with one attached hydrogen (secondary N) is 1. The van der Waals surface area contributed by atoms with Crippen LogP contribution in [-0.4, -0.2) is 9.97 Å². The summed E-state index contributed by atoms with van der Waals surface area (Å²) in [5, 5.41) is 0.463. The Balaban J connectivity index is 2.41. The summed E-state index contributed by atoms with van der Waals surface area (Å²) in [7, 11) is 0. The van der Waals surface area contributed by atoms with Crippen LogP contribution < -0.4 is 10.3 Å². The number of aromatic nitrogens is 2. The van der Waals surface area contributed by atoms with Crippen molar-refractivity contribution < 1.29 is 4.74 Å². The van der Waals surface area contributed by atoms with Gasteiger partial charge in [-0.15, -0.1) is 0 Å². The fourth-order valence-electron chi connectivity index (χ4n) is 1.23. The van der Waals surface area contributed by atoms with E-state index in [9.17, 15) is 4.79 Å². The summed E-state index contributed by atoms with van der Waals surface area (Å²) >= 11 is 9.09. The van der Waals surface area contributed by atoms with Crippen LogP contribution in [0.15, 0.2) is 33.8 Å². The summed E-state index contributed by atoms with van der Waals surface area (Å²) in [4.78, 5) is 17.7. The molecule has 2 aromatic rings. The fourth-order valence-corrected chi connectivity index (χ4v) is 1.68. The highest BCUT2D eigenvalue weighted by Crippen LogP contribution is 2.31. The first kappa shape index (κ1) is 12.1. The van der Waals surface area contributed by atoms with Crippen molar-refractivity contribution in [3.63, 3.8) is 0 Å². The van der Waals surface area contributed by atoms with Gasteiger partial charge in [0, 0.05) is 0 Å². The maximum absolute atomic E-state index is 11.3. The lowest BCUT2D eigenvalue weighted by Crippen LogP contribution is -2.08. The van der Waals surface area contributed by atoms with E-state index >= 15 is 0 Å². The van der Waals surface area contributed by atoms with Gasteiger partial charge in [0.05, 0.1) is 11.3 Å². The Morgan fingerprint density at radius 1 is 1.47 bits per heavy atom. The van der Waals surface area contributed by atoms with E-state index < -0.39 is 0 Å². The molecular formula is C11H8BrClN2O2. The summed E-state index contributed by atoms with van der Waals surface area (Å²) in [5.41, 5.74) is 0.698. The summed E-state index contributed by atoms with van der Waals surface area (Å²) in [5.74, 6) is 0.645. The van der Waals surface area contributed by atoms with E-state index in [1.807, 2.05) is 13.0 Å². The van der Waals surface area contributed by atoms with Crippen molar-refractivity contribution in [1.82, 2.24) is 9.97 Å². The highest BCUT2D eigenvalue weighted by Gasteiger charge is 2.10. The minimum absolute atomic E-state index is 0.182. The number of aromatic amines is 1. The maximum Gasteiger partial charge on any atom is 0.268 e. The van der Waals surface area contributed by atoms with E-state index in [0.29, 0.717) is 10.8 Å². The van der Waals surface area contributed by atoms with Crippen LogP contribution in [0.5, 0.6) is 11.6 Å². The van der Waals surface area contributed by atoms with E-state index in [1.54, 1.807) is 12.1 Å². The molecule has 0 atom stereocenters. The molecule has 0 unspecified atom stereocenters. The lowest BCUT2D eigenvalue weighted by molar-refractivity contribution is 0.457. The topological polar surface area (TPSA) is 55.0 Å². The van der Waals surface area contributed by atoms with Gasteiger partial charge in [-0.2, -0.15) is 0 Å². The zero-order valence-electron chi connectivity index (χ0n) is 8.83. The van der Waals surface area contributed by atoms with Gasteiger partial charge in [-0.05, 0) is 40.5 Å². The van der Waals surface area contributed by atoms with Crippen molar-refractivity contribution in [3.8, 4) is 11.6 Å². The first-order valence-electron chi connectivity index (χ1n) is 4.75. The Labute approximate surface area is 111 Å². The van der Waals surface area contributed by atoms with Crippen molar-refractivity contribution >= 4 is 27.5 Å². The maximum atomic E-state index is 11.3. The van der Waals surface area contributed by atoms with E-state index in [1.165, 1.54) is 6.33 Å². The minimum atomic E-state index is -0.307. The van der Waals surface area contributed by atoms with Crippen LogP contribution in [0.4, 0.5) is 0 Å². The van der Waals surface area contributed by atoms with Crippen LogP contribution >= 0.6 is 27.5 Å². The monoisotopic (exact) mass is 314 g/mol. The molecule has 0 saturated heterocycles.